The molecule has 2 amide bonds. The Kier molecular flexibility index (Phi) is 4.38. The van der Waals surface area contributed by atoms with Crippen molar-refractivity contribution >= 4 is 23.3 Å². The Morgan fingerprint density at radius 3 is 2.95 bits per heavy atom. The molecular formula is C12H13ClN4O2. The van der Waals surface area contributed by atoms with E-state index in [0.717, 1.165) is 5.69 Å². The number of halogens is 1. The standard InChI is InChI=1S/C12H13ClN4O2/c13-10-8-9(16-12(19)14-5-7-18)2-3-11(10)17-6-1-4-15-17/h1-4,6,8,18H,5,7H2,(H2,14,16,19). The Morgan fingerprint density at radius 1 is 1.47 bits per heavy atom. The van der Waals surface area contributed by atoms with Crippen molar-refractivity contribution in [2.75, 3.05) is 18.5 Å². The van der Waals surface area contributed by atoms with Crippen LogP contribution < -0.4 is 10.6 Å². The lowest BCUT2D eigenvalue weighted by Gasteiger charge is -2.09. The molecule has 6 nitrogen and oxygen atoms in total. The second-order valence-corrected chi connectivity index (χ2v) is 4.13. The van der Waals surface area contributed by atoms with Gasteiger partial charge in [0.25, 0.3) is 0 Å². The summed E-state index contributed by atoms with van der Waals surface area (Å²) in [6.07, 6.45) is 3.44. The normalized spacial score (nSPS) is 10.2. The number of anilines is 1. The molecule has 3 N–H and O–H groups in total. The summed E-state index contributed by atoms with van der Waals surface area (Å²) in [5, 5.41) is 18.2. The van der Waals surface area contributed by atoms with Crippen LogP contribution in [0.3, 0.4) is 0 Å². The number of aliphatic hydroxyl groups excluding tert-OH is 1. The SMILES string of the molecule is O=C(NCCO)Nc1ccc(-n2cccn2)c(Cl)c1. The van der Waals surface area contributed by atoms with E-state index in [4.69, 9.17) is 16.7 Å². The molecule has 0 atom stereocenters. The molecule has 2 aromatic rings. The Labute approximate surface area is 115 Å². The molecule has 100 valence electrons. The first-order chi connectivity index (χ1) is 9.20. The quantitative estimate of drug-likeness (QED) is 0.796. The summed E-state index contributed by atoms with van der Waals surface area (Å²) in [4.78, 5) is 11.4. The second kappa shape index (κ2) is 6.21. The average molecular weight is 281 g/mol. The highest BCUT2D eigenvalue weighted by Crippen LogP contribution is 2.23. The van der Waals surface area contributed by atoms with Gasteiger partial charge in [0.1, 0.15) is 0 Å². The molecule has 0 saturated carbocycles. The number of aromatic nitrogens is 2. The van der Waals surface area contributed by atoms with E-state index in [-0.39, 0.29) is 13.2 Å². The molecule has 7 heteroatoms. The lowest BCUT2D eigenvalue weighted by molar-refractivity contribution is 0.245. The van der Waals surface area contributed by atoms with E-state index in [0.29, 0.717) is 10.7 Å². The average Bonchev–Trinajstić information content (AvgIpc) is 2.90. The third-order valence-electron chi connectivity index (χ3n) is 2.35. The van der Waals surface area contributed by atoms with Crippen molar-refractivity contribution in [2.24, 2.45) is 0 Å². The minimum atomic E-state index is -0.392. The zero-order valence-electron chi connectivity index (χ0n) is 10.0. The maximum Gasteiger partial charge on any atom is 0.319 e. The summed E-state index contributed by atoms with van der Waals surface area (Å²) >= 11 is 6.14. The molecule has 0 bridgehead atoms. The number of hydrogen-bond acceptors (Lipinski definition) is 3. The third-order valence-corrected chi connectivity index (χ3v) is 2.66. The van der Waals surface area contributed by atoms with E-state index in [9.17, 15) is 4.79 Å². The van der Waals surface area contributed by atoms with Crippen molar-refractivity contribution in [3.8, 4) is 5.69 Å². The van der Waals surface area contributed by atoms with Crippen molar-refractivity contribution in [2.45, 2.75) is 0 Å². The molecule has 0 unspecified atom stereocenters. The van der Waals surface area contributed by atoms with Gasteiger partial charge in [0, 0.05) is 24.6 Å². The van der Waals surface area contributed by atoms with Gasteiger partial charge < -0.3 is 15.7 Å². The Hall–Kier alpha value is -2.05. The zero-order chi connectivity index (χ0) is 13.7. The summed E-state index contributed by atoms with van der Waals surface area (Å²) < 4.78 is 1.64. The number of carbonyl (C=O) groups is 1. The minimum Gasteiger partial charge on any atom is -0.395 e. The van der Waals surface area contributed by atoms with Crippen LogP contribution in [0.15, 0.2) is 36.7 Å². The number of rotatable bonds is 4. The molecule has 0 fully saturated rings. The monoisotopic (exact) mass is 280 g/mol. The van der Waals surface area contributed by atoms with Crippen LogP contribution in [0.2, 0.25) is 5.02 Å². The summed E-state index contributed by atoms with van der Waals surface area (Å²) in [5.41, 5.74) is 1.30. The molecular weight excluding hydrogens is 268 g/mol. The van der Waals surface area contributed by atoms with Crippen LogP contribution in [-0.2, 0) is 0 Å². The van der Waals surface area contributed by atoms with Crippen LogP contribution in [-0.4, -0.2) is 34.1 Å². The highest BCUT2D eigenvalue weighted by molar-refractivity contribution is 6.32. The molecule has 0 saturated heterocycles. The van der Waals surface area contributed by atoms with Gasteiger partial charge in [-0.05, 0) is 24.3 Å². The van der Waals surface area contributed by atoms with Gasteiger partial charge in [-0.2, -0.15) is 5.10 Å². The number of carbonyl (C=O) groups excluding carboxylic acids is 1. The van der Waals surface area contributed by atoms with Gasteiger partial charge in [0.05, 0.1) is 17.3 Å². The van der Waals surface area contributed by atoms with E-state index in [1.165, 1.54) is 0 Å². The summed E-state index contributed by atoms with van der Waals surface area (Å²) in [6.45, 7) is 0.0946. The second-order valence-electron chi connectivity index (χ2n) is 3.72. The maximum absolute atomic E-state index is 11.4. The summed E-state index contributed by atoms with van der Waals surface area (Å²) in [6, 6.07) is 6.53. The third kappa shape index (κ3) is 3.46. The molecule has 0 spiro atoms. The van der Waals surface area contributed by atoms with E-state index >= 15 is 0 Å². The van der Waals surface area contributed by atoms with E-state index in [1.807, 2.05) is 0 Å². The van der Waals surface area contributed by atoms with Crippen LogP contribution >= 0.6 is 11.6 Å². The molecule has 0 aliphatic rings. The van der Waals surface area contributed by atoms with Gasteiger partial charge in [-0.3, -0.25) is 0 Å². The van der Waals surface area contributed by atoms with Crippen LogP contribution in [0.25, 0.3) is 5.69 Å². The lowest BCUT2D eigenvalue weighted by Crippen LogP contribution is -2.30. The predicted molar refractivity (Wildman–Crippen MR) is 72.7 cm³/mol. The number of nitrogens with zero attached hydrogens (tertiary/aromatic N) is 2. The van der Waals surface area contributed by atoms with Crippen molar-refractivity contribution in [3.63, 3.8) is 0 Å². The van der Waals surface area contributed by atoms with Gasteiger partial charge >= 0.3 is 6.03 Å². The van der Waals surface area contributed by atoms with Crippen molar-refractivity contribution in [1.82, 2.24) is 15.1 Å². The lowest BCUT2D eigenvalue weighted by atomic mass is 10.3. The fourth-order valence-corrected chi connectivity index (χ4v) is 1.79. The van der Waals surface area contributed by atoms with Crippen molar-refractivity contribution < 1.29 is 9.90 Å². The maximum atomic E-state index is 11.4. The Balaban J connectivity index is 2.09. The number of urea groups is 1. The first kappa shape index (κ1) is 13.4. The van der Waals surface area contributed by atoms with E-state index in [2.05, 4.69) is 15.7 Å². The van der Waals surface area contributed by atoms with Gasteiger partial charge in [-0.15, -0.1) is 0 Å². The molecule has 2 rings (SSSR count). The highest BCUT2D eigenvalue weighted by Gasteiger charge is 2.06. The summed E-state index contributed by atoms with van der Waals surface area (Å²) in [7, 11) is 0. The van der Waals surface area contributed by atoms with Crippen molar-refractivity contribution in [3.05, 3.63) is 41.7 Å². The first-order valence-corrected chi connectivity index (χ1v) is 6.04. The van der Waals surface area contributed by atoms with Crippen LogP contribution in [0, 0.1) is 0 Å². The molecule has 0 aliphatic carbocycles. The molecule has 1 aromatic carbocycles. The van der Waals surface area contributed by atoms with E-state index in [1.54, 1.807) is 41.3 Å². The van der Waals surface area contributed by atoms with Crippen LogP contribution in [0.4, 0.5) is 10.5 Å². The fraction of sp³-hybridized carbons (Fsp3) is 0.167. The highest BCUT2D eigenvalue weighted by atomic mass is 35.5. The minimum absolute atomic E-state index is 0.105. The number of nitrogens with one attached hydrogen (secondary N) is 2. The molecule has 1 heterocycles. The fourth-order valence-electron chi connectivity index (χ4n) is 1.53. The molecule has 19 heavy (non-hydrogen) atoms. The summed E-state index contributed by atoms with van der Waals surface area (Å²) in [5.74, 6) is 0. The van der Waals surface area contributed by atoms with Gasteiger partial charge in [-0.25, -0.2) is 9.48 Å². The Morgan fingerprint density at radius 2 is 2.32 bits per heavy atom. The van der Waals surface area contributed by atoms with Crippen LogP contribution in [0.1, 0.15) is 0 Å². The van der Waals surface area contributed by atoms with Crippen molar-refractivity contribution in [1.29, 1.82) is 0 Å². The van der Waals surface area contributed by atoms with E-state index < -0.39 is 6.03 Å². The topological polar surface area (TPSA) is 79.2 Å². The first-order valence-electron chi connectivity index (χ1n) is 5.66. The number of aliphatic hydroxyl groups is 1. The molecule has 0 aliphatic heterocycles. The number of benzene rings is 1. The zero-order valence-corrected chi connectivity index (χ0v) is 10.8. The number of hydrogen-bond donors (Lipinski definition) is 3. The Bertz CT molecular complexity index is 557. The molecule has 1 aromatic heterocycles. The van der Waals surface area contributed by atoms with Gasteiger partial charge in [0.15, 0.2) is 0 Å². The number of amides is 2. The largest absolute Gasteiger partial charge is 0.395 e. The van der Waals surface area contributed by atoms with Gasteiger partial charge in [0.2, 0.25) is 0 Å². The van der Waals surface area contributed by atoms with Gasteiger partial charge in [-0.1, -0.05) is 11.6 Å². The predicted octanol–water partition coefficient (Wildman–Crippen LogP) is 1.64. The molecule has 0 radical (unpaired) electrons. The van der Waals surface area contributed by atoms with Crippen LogP contribution in [0.5, 0.6) is 0 Å². The smallest absolute Gasteiger partial charge is 0.319 e.